The zero-order chi connectivity index (χ0) is 16.9. The number of rotatable bonds is 4. The third-order valence-electron chi connectivity index (χ3n) is 3.36. The highest BCUT2D eigenvalue weighted by atomic mass is 19.4. The molecule has 3 nitrogen and oxygen atoms in total. The lowest BCUT2D eigenvalue weighted by Crippen LogP contribution is -2.36. The van der Waals surface area contributed by atoms with Gasteiger partial charge in [0.05, 0.1) is 11.6 Å². The molecule has 0 heterocycles. The van der Waals surface area contributed by atoms with Crippen molar-refractivity contribution in [3.05, 3.63) is 71.3 Å². The lowest BCUT2D eigenvalue weighted by molar-refractivity contribution is -0.137. The zero-order valence-electron chi connectivity index (χ0n) is 12.5. The van der Waals surface area contributed by atoms with E-state index in [4.69, 9.17) is 0 Å². The van der Waals surface area contributed by atoms with E-state index in [-0.39, 0.29) is 0 Å². The molecule has 0 aromatic heterocycles. The van der Waals surface area contributed by atoms with Gasteiger partial charge >= 0.3 is 12.2 Å². The molecule has 0 spiro atoms. The van der Waals surface area contributed by atoms with Gasteiger partial charge in [-0.2, -0.15) is 13.2 Å². The van der Waals surface area contributed by atoms with Crippen molar-refractivity contribution in [3.63, 3.8) is 0 Å². The fourth-order valence-corrected chi connectivity index (χ4v) is 2.09. The van der Waals surface area contributed by atoms with Crippen LogP contribution in [0.1, 0.15) is 29.7 Å². The highest BCUT2D eigenvalue weighted by Gasteiger charge is 2.30. The summed E-state index contributed by atoms with van der Waals surface area (Å²) < 4.78 is 38.1. The number of hydrogen-bond donors (Lipinski definition) is 2. The van der Waals surface area contributed by atoms with Crippen molar-refractivity contribution < 1.29 is 18.0 Å². The van der Waals surface area contributed by atoms with Gasteiger partial charge in [-0.15, -0.1) is 0 Å². The summed E-state index contributed by atoms with van der Waals surface area (Å²) >= 11 is 0. The van der Waals surface area contributed by atoms with Gasteiger partial charge in [-0.3, -0.25) is 0 Å². The third kappa shape index (κ3) is 5.02. The maximum atomic E-state index is 12.7. The van der Waals surface area contributed by atoms with Crippen molar-refractivity contribution in [3.8, 4) is 0 Å². The second-order valence-electron chi connectivity index (χ2n) is 5.16. The number of carbonyl (C=O) groups is 1. The van der Waals surface area contributed by atoms with Crippen molar-refractivity contribution in [1.29, 1.82) is 0 Å². The lowest BCUT2D eigenvalue weighted by atomic mass is 10.1. The largest absolute Gasteiger partial charge is 0.416 e. The standard InChI is InChI=1S/C17H17F3N2O/c1-12(14-8-5-9-15(10-14)17(18,19)20)22-16(23)21-11-13-6-3-2-4-7-13/h2-10,12H,11H2,1H3,(H2,21,22,23)/t12-/m1/s1. The first-order valence-corrected chi connectivity index (χ1v) is 7.11. The number of amides is 2. The highest BCUT2D eigenvalue weighted by Crippen LogP contribution is 2.30. The SMILES string of the molecule is C[C@@H](NC(=O)NCc1ccccc1)c1cccc(C(F)(F)F)c1. The quantitative estimate of drug-likeness (QED) is 0.867. The summed E-state index contributed by atoms with van der Waals surface area (Å²) in [5.41, 5.74) is 0.609. The van der Waals surface area contributed by atoms with E-state index >= 15 is 0 Å². The van der Waals surface area contributed by atoms with Crippen LogP contribution in [0.5, 0.6) is 0 Å². The molecule has 6 heteroatoms. The van der Waals surface area contributed by atoms with Crippen molar-refractivity contribution in [2.45, 2.75) is 25.7 Å². The third-order valence-corrected chi connectivity index (χ3v) is 3.36. The summed E-state index contributed by atoms with van der Waals surface area (Å²) in [6, 6.07) is 13.3. The van der Waals surface area contributed by atoms with Crippen LogP contribution in [-0.4, -0.2) is 6.03 Å². The van der Waals surface area contributed by atoms with Crippen LogP contribution < -0.4 is 10.6 Å². The summed E-state index contributed by atoms with van der Waals surface area (Å²) in [5.74, 6) is 0. The van der Waals surface area contributed by atoms with Crippen molar-refractivity contribution in [1.82, 2.24) is 10.6 Å². The minimum atomic E-state index is -4.40. The summed E-state index contributed by atoms with van der Waals surface area (Å²) in [7, 11) is 0. The molecule has 2 N–H and O–H groups in total. The number of nitrogens with one attached hydrogen (secondary N) is 2. The Morgan fingerprint density at radius 2 is 1.78 bits per heavy atom. The predicted molar refractivity (Wildman–Crippen MR) is 81.7 cm³/mol. The number of halogens is 3. The van der Waals surface area contributed by atoms with Gasteiger partial charge in [-0.05, 0) is 30.2 Å². The minimum Gasteiger partial charge on any atom is -0.334 e. The van der Waals surface area contributed by atoms with Gasteiger partial charge in [0.1, 0.15) is 0 Å². The number of carbonyl (C=O) groups excluding carboxylic acids is 1. The van der Waals surface area contributed by atoms with Gasteiger partial charge in [-0.25, -0.2) is 4.79 Å². The molecule has 0 saturated heterocycles. The summed E-state index contributed by atoms with van der Waals surface area (Å²) in [4.78, 5) is 11.8. The van der Waals surface area contributed by atoms with Gasteiger partial charge < -0.3 is 10.6 Å². The van der Waals surface area contributed by atoms with Crippen LogP contribution >= 0.6 is 0 Å². The zero-order valence-corrected chi connectivity index (χ0v) is 12.5. The minimum absolute atomic E-state index is 0.349. The van der Waals surface area contributed by atoms with E-state index in [2.05, 4.69) is 10.6 Å². The first kappa shape index (κ1) is 16.9. The Balaban J connectivity index is 1.93. The molecule has 0 aliphatic carbocycles. The molecule has 0 aliphatic heterocycles. The number of urea groups is 1. The second kappa shape index (κ2) is 7.17. The van der Waals surface area contributed by atoms with Gasteiger partial charge in [0.2, 0.25) is 0 Å². The molecule has 1 atom stereocenters. The van der Waals surface area contributed by atoms with E-state index in [1.807, 2.05) is 30.3 Å². The van der Waals surface area contributed by atoms with E-state index in [0.717, 1.165) is 17.7 Å². The molecule has 0 aliphatic rings. The molecule has 0 radical (unpaired) electrons. The molecular formula is C17H17F3N2O. The molecule has 0 bridgehead atoms. The monoisotopic (exact) mass is 322 g/mol. The Kier molecular flexibility index (Phi) is 5.26. The Morgan fingerprint density at radius 3 is 2.43 bits per heavy atom. The van der Waals surface area contributed by atoms with E-state index in [1.54, 1.807) is 13.0 Å². The average Bonchev–Trinajstić information content (AvgIpc) is 2.53. The van der Waals surface area contributed by atoms with Gasteiger partial charge in [0.25, 0.3) is 0 Å². The topological polar surface area (TPSA) is 41.1 Å². The fourth-order valence-electron chi connectivity index (χ4n) is 2.09. The van der Waals surface area contributed by atoms with Crippen molar-refractivity contribution in [2.24, 2.45) is 0 Å². The Hall–Kier alpha value is -2.50. The number of benzene rings is 2. The fraction of sp³-hybridized carbons (Fsp3) is 0.235. The van der Waals surface area contributed by atoms with Crippen molar-refractivity contribution in [2.75, 3.05) is 0 Å². The average molecular weight is 322 g/mol. The molecule has 2 aromatic carbocycles. The smallest absolute Gasteiger partial charge is 0.334 e. The van der Waals surface area contributed by atoms with Gasteiger partial charge in [0, 0.05) is 6.54 Å². The second-order valence-corrected chi connectivity index (χ2v) is 5.16. The van der Waals surface area contributed by atoms with Crippen LogP contribution in [0, 0.1) is 0 Å². The molecule has 0 saturated carbocycles. The van der Waals surface area contributed by atoms with E-state index < -0.39 is 23.8 Å². The van der Waals surface area contributed by atoms with Crippen LogP contribution in [0.15, 0.2) is 54.6 Å². The molecular weight excluding hydrogens is 305 g/mol. The lowest BCUT2D eigenvalue weighted by Gasteiger charge is -2.16. The number of alkyl halides is 3. The summed E-state index contributed by atoms with van der Waals surface area (Å²) in [5, 5.41) is 5.30. The van der Waals surface area contributed by atoms with E-state index in [0.29, 0.717) is 12.1 Å². The van der Waals surface area contributed by atoms with Gasteiger partial charge in [0.15, 0.2) is 0 Å². The van der Waals surface area contributed by atoms with Crippen LogP contribution in [0.25, 0.3) is 0 Å². The van der Waals surface area contributed by atoms with Gasteiger partial charge in [-0.1, -0.05) is 42.5 Å². The van der Waals surface area contributed by atoms with Crippen molar-refractivity contribution >= 4 is 6.03 Å². The Morgan fingerprint density at radius 1 is 1.09 bits per heavy atom. The Bertz CT molecular complexity index is 656. The molecule has 2 rings (SSSR count). The van der Waals surface area contributed by atoms with E-state index in [1.165, 1.54) is 6.07 Å². The van der Waals surface area contributed by atoms with Crippen LogP contribution in [0.4, 0.5) is 18.0 Å². The molecule has 2 amide bonds. The first-order valence-electron chi connectivity index (χ1n) is 7.11. The number of hydrogen-bond acceptors (Lipinski definition) is 1. The van der Waals surface area contributed by atoms with Crippen LogP contribution in [0.2, 0.25) is 0 Å². The predicted octanol–water partition coefficient (Wildman–Crippen LogP) is 4.27. The van der Waals surface area contributed by atoms with Crippen LogP contribution in [0.3, 0.4) is 0 Å². The maximum absolute atomic E-state index is 12.7. The summed E-state index contributed by atoms with van der Waals surface area (Å²) in [6.45, 7) is 1.99. The van der Waals surface area contributed by atoms with E-state index in [9.17, 15) is 18.0 Å². The first-order chi connectivity index (χ1) is 10.9. The highest BCUT2D eigenvalue weighted by molar-refractivity contribution is 5.74. The molecule has 0 fully saturated rings. The molecule has 122 valence electrons. The van der Waals surface area contributed by atoms with Crippen LogP contribution in [-0.2, 0) is 12.7 Å². The normalized spacial score (nSPS) is 12.5. The summed E-state index contributed by atoms with van der Waals surface area (Å²) in [6.07, 6.45) is -4.40. The molecule has 2 aromatic rings. The maximum Gasteiger partial charge on any atom is 0.416 e. The Labute approximate surface area is 132 Å². The molecule has 23 heavy (non-hydrogen) atoms. The molecule has 0 unspecified atom stereocenters.